The summed E-state index contributed by atoms with van der Waals surface area (Å²) in [7, 11) is 0. The zero-order valence-electron chi connectivity index (χ0n) is 8.56. The molecular weight excluding hydrogens is 223 g/mol. The van der Waals surface area contributed by atoms with Gasteiger partial charge in [-0.3, -0.25) is 0 Å². The predicted molar refractivity (Wildman–Crippen MR) is 46.6 cm³/mol. The summed E-state index contributed by atoms with van der Waals surface area (Å²) in [4.78, 5) is 3.48. The van der Waals surface area contributed by atoms with E-state index in [2.05, 4.69) is 20.0 Å². The number of fused-ring (bicyclic) bond motifs is 1. The van der Waals surface area contributed by atoms with Crippen LogP contribution >= 0.6 is 0 Å². The molecule has 1 N–H and O–H groups in total. The molecule has 1 aromatic rings. The third kappa shape index (κ3) is 1.09. The van der Waals surface area contributed by atoms with Crippen molar-refractivity contribution in [3.8, 4) is 0 Å². The van der Waals surface area contributed by atoms with E-state index in [0.717, 1.165) is 13.0 Å². The molecule has 88 valence electrons. The Labute approximate surface area is 89.2 Å². The lowest BCUT2D eigenvalue weighted by atomic mass is 9.98. The van der Waals surface area contributed by atoms with Gasteiger partial charge in [-0.1, -0.05) is 12.1 Å². The Hall–Kier alpha value is -1.11. The maximum atomic E-state index is 12.3. The van der Waals surface area contributed by atoms with Gasteiger partial charge in [0.2, 0.25) is 0 Å². The first kappa shape index (κ1) is 10.1. The van der Waals surface area contributed by atoms with Crippen molar-refractivity contribution in [2.24, 2.45) is 5.41 Å². The zero-order chi connectivity index (χ0) is 11.6. The van der Waals surface area contributed by atoms with E-state index < -0.39 is 12.1 Å². The smallest absolute Gasteiger partial charge is 0.329 e. The minimum absolute atomic E-state index is 0.0141. The molecule has 1 saturated carbocycles. The van der Waals surface area contributed by atoms with Gasteiger partial charge in [0.1, 0.15) is 0 Å². The average Bonchev–Trinajstić information content (AvgIpc) is 2.56. The molecular formula is C9H10F3N3O. The van der Waals surface area contributed by atoms with Crippen LogP contribution in [0.1, 0.15) is 25.1 Å². The molecule has 3 rings (SSSR count). The van der Waals surface area contributed by atoms with Crippen molar-refractivity contribution in [2.45, 2.75) is 24.9 Å². The first-order valence-corrected chi connectivity index (χ1v) is 5.00. The largest absolute Gasteiger partial charge is 0.471 e. The molecule has 2 fully saturated rings. The molecule has 0 spiro atoms. The fraction of sp³-hybridized carbons (Fsp3) is 0.778. The van der Waals surface area contributed by atoms with Crippen LogP contribution in [0.3, 0.4) is 0 Å². The predicted octanol–water partition coefficient (Wildman–Crippen LogP) is 1.34. The van der Waals surface area contributed by atoms with Crippen LogP contribution in [0.15, 0.2) is 4.52 Å². The van der Waals surface area contributed by atoms with Crippen molar-refractivity contribution in [3.63, 3.8) is 0 Å². The number of hydrogen-bond donors (Lipinski definition) is 1. The van der Waals surface area contributed by atoms with Crippen molar-refractivity contribution in [1.29, 1.82) is 0 Å². The van der Waals surface area contributed by atoms with E-state index in [1.54, 1.807) is 0 Å². The summed E-state index contributed by atoms with van der Waals surface area (Å²) >= 11 is 0. The Morgan fingerprint density at radius 2 is 2.12 bits per heavy atom. The lowest BCUT2D eigenvalue weighted by Gasteiger charge is -2.07. The van der Waals surface area contributed by atoms with Gasteiger partial charge in [0.25, 0.3) is 0 Å². The van der Waals surface area contributed by atoms with E-state index in [1.165, 1.54) is 0 Å². The summed E-state index contributed by atoms with van der Waals surface area (Å²) in [6.45, 7) is 3.44. The lowest BCUT2D eigenvalue weighted by Crippen LogP contribution is -2.20. The standard InChI is InChI=1S/C9H10F3N3O/c1-7-2-8(7,4-13-3-7)5-14-6(16-15-5)9(10,11)12/h13H,2-4H2,1H3. The van der Waals surface area contributed by atoms with E-state index in [-0.39, 0.29) is 16.7 Å². The van der Waals surface area contributed by atoms with Crippen LogP contribution in [0, 0.1) is 5.41 Å². The lowest BCUT2D eigenvalue weighted by molar-refractivity contribution is -0.159. The number of nitrogens with one attached hydrogen (secondary N) is 1. The highest BCUT2D eigenvalue weighted by Crippen LogP contribution is 2.65. The first-order valence-electron chi connectivity index (χ1n) is 5.00. The van der Waals surface area contributed by atoms with Crippen molar-refractivity contribution < 1.29 is 17.7 Å². The summed E-state index contributed by atoms with van der Waals surface area (Å²) in [5, 5.41) is 6.62. The van der Waals surface area contributed by atoms with Gasteiger partial charge in [-0.05, 0) is 11.8 Å². The van der Waals surface area contributed by atoms with Crippen molar-refractivity contribution in [3.05, 3.63) is 11.7 Å². The minimum Gasteiger partial charge on any atom is -0.329 e. The molecule has 2 aliphatic rings. The second kappa shape index (κ2) is 2.58. The van der Waals surface area contributed by atoms with E-state index in [0.29, 0.717) is 6.54 Å². The Bertz CT molecular complexity index is 439. The first-order chi connectivity index (χ1) is 7.37. The summed E-state index contributed by atoms with van der Waals surface area (Å²) in [6, 6.07) is 0. The number of nitrogens with zero attached hydrogens (tertiary/aromatic N) is 2. The molecule has 16 heavy (non-hydrogen) atoms. The molecule has 7 heteroatoms. The molecule has 2 heterocycles. The number of alkyl halides is 3. The van der Waals surface area contributed by atoms with Crippen LogP contribution in [0.5, 0.6) is 0 Å². The number of aromatic nitrogens is 2. The summed E-state index contributed by atoms with van der Waals surface area (Å²) in [5.74, 6) is -1.06. The second-order valence-corrected chi connectivity index (χ2v) is 4.84. The molecule has 0 aromatic carbocycles. The van der Waals surface area contributed by atoms with Gasteiger partial charge in [0.05, 0.1) is 5.41 Å². The molecule has 0 amide bonds. The van der Waals surface area contributed by atoms with Crippen LogP contribution in [-0.4, -0.2) is 23.2 Å². The SMILES string of the molecule is CC12CNCC1(c1noc(C(F)(F)F)n1)C2. The van der Waals surface area contributed by atoms with Gasteiger partial charge in [0.15, 0.2) is 5.82 Å². The van der Waals surface area contributed by atoms with E-state index >= 15 is 0 Å². The van der Waals surface area contributed by atoms with E-state index in [4.69, 9.17) is 0 Å². The second-order valence-electron chi connectivity index (χ2n) is 4.84. The fourth-order valence-corrected chi connectivity index (χ4v) is 2.64. The molecule has 0 bridgehead atoms. The van der Waals surface area contributed by atoms with Gasteiger partial charge in [-0.25, -0.2) is 0 Å². The molecule has 1 saturated heterocycles. The van der Waals surface area contributed by atoms with Crippen molar-refractivity contribution in [1.82, 2.24) is 15.5 Å². The molecule has 2 atom stereocenters. The number of rotatable bonds is 1. The maximum absolute atomic E-state index is 12.3. The molecule has 1 aromatic heterocycles. The van der Waals surface area contributed by atoms with E-state index in [9.17, 15) is 13.2 Å². The van der Waals surface area contributed by atoms with Gasteiger partial charge < -0.3 is 9.84 Å². The van der Waals surface area contributed by atoms with Gasteiger partial charge in [-0.15, -0.1) is 0 Å². The summed E-state index contributed by atoms with van der Waals surface area (Å²) < 4.78 is 41.2. The summed E-state index contributed by atoms with van der Waals surface area (Å²) in [6.07, 6.45) is -3.73. The van der Waals surface area contributed by atoms with Gasteiger partial charge >= 0.3 is 12.1 Å². The summed E-state index contributed by atoms with van der Waals surface area (Å²) in [5.41, 5.74) is -0.361. The van der Waals surface area contributed by atoms with Gasteiger partial charge in [-0.2, -0.15) is 18.2 Å². The minimum atomic E-state index is -4.56. The van der Waals surface area contributed by atoms with Crippen LogP contribution in [0.2, 0.25) is 0 Å². The average molecular weight is 233 g/mol. The quantitative estimate of drug-likeness (QED) is 0.795. The highest BCUT2D eigenvalue weighted by Gasteiger charge is 2.70. The molecule has 2 unspecified atom stereocenters. The normalized spacial score (nSPS) is 37.5. The van der Waals surface area contributed by atoms with Crippen molar-refractivity contribution in [2.75, 3.05) is 13.1 Å². The Balaban J connectivity index is 1.95. The number of hydrogen-bond acceptors (Lipinski definition) is 4. The van der Waals surface area contributed by atoms with Crippen molar-refractivity contribution >= 4 is 0 Å². The Morgan fingerprint density at radius 3 is 2.56 bits per heavy atom. The Morgan fingerprint density at radius 1 is 1.38 bits per heavy atom. The highest BCUT2D eigenvalue weighted by atomic mass is 19.4. The van der Waals surface area contributed by atoms with Crippen LogP contribution in [0.25, 0.3) is 0 Å². The van der Waals surface area contributed by atoms with Crippen LogP contribution in [0.4, 0.5) is 13.2 Å². The Kier molecular flexibility index (Phi) is 1.63. The molecule has 0 radical (unpaired) electrons. The number of piperidine rings is 1. The van der Waals surface area contributed by atoms with Crippen LogP contribution < -0.4 is 5.32 Å². The zero-order valence-corrected chi connectivity index (χ0v) is 8.56. The fourth-order valence-electron chi connectivity index (χ4n) is 2.64. The monoisotopic (exact) mass is 233 g/mol. The topological polar surface area (TPSA) is 51.0 Å². The van der Waals surface area contributed by atoms with E-state index in [1.807, 2.05) is 6.92 Å². The third-order valence-electron chi connectivity index (χ3n) is 3.76. The molecule has 1 aliphatic heterocycles. The van der Waals surface area contributed by atoms with Crippen LogP contribution in [-0.2, 0) is 11.6 Å². The van der Waals surface area contributed by atoms with Gasteiger partial charge in [0, 0.05) is 13.1 Å². The number of halogens is 3. The highest BCUT2D eigenvalue weighted by molar-refractivity contribution is 5.33. The molecule has 1 aliphatic carbocycles. The maximum Gasteiger partial charge on any atom is 0.471 e. The third-order valence-corrected chi connectivity index (χ3v) is 3.76. The molecule has 4 nitrogen and oxygen atoms in total.